The van der Waals surface area contributed by atoms with Crippen LogP contribution in [0.5, 0.6) is 0 Å². The molecule has 0 bridgehead atoms. The van der Waals surface area contributed by atoms with E-state index in [0.29, 0.717) is 4.90 Å². The first kappa shape index (κ1) is 18.1. The lowest BCUT2D eigenvalue weighted by molar-refractivity contribution is -0.202. The molecule has 0 saturated carbocycles. The number of nitrogens with one attached hydrogen (secondary N) is 1. The van der Waals surface area contributed by atoms with Crippen LogP contribution in [0.1, 0.15) is 0 Å². The zero-order chi connectivity index (χ0) is 18.3. The second-order valence-corrected chi connectivity index (χ2v) is 5.46. The Morgan fingerprint density at radius 2 is 2.04 bits per heavy atom. The number of hydrogen-bond donors (Lipinski definition) is 2. The summed E-state index contributed by atoms with van der Waals surface area (Å²) in [7, 11) is 1.05. The van der Waals surface area contributed by atoms with E-state index in [9.17, 15) is 36.6 Å². The molecule has 0 spiro atoms. The van der Waals surface area contributed by atoms with Crippen molar-refractivity contribution in [2.75, 3.05) is 25.5 Å². The van der Waals surface area contributed by atoms with Crippen molar-refractivity contribution in [2.45, 2.75) is 6.18 Å². The van der Waals surface area contributed by atoms with Crippen molar-refractivity contribution in [3.05, 3.63) is 29.8 Å². The largest absolute Gasteiger partial charge is 0.395 e. The summed E-state index contributed by atoms with van der Waals surface area (Å²) < 4.78 is 66.5. The molecule has 2 amide bonds. The van der Waals surface area contributed by atoms with Gasteiger partial charge in [-0.15, -0.1) is 0 Å². The fraction of sp³-hybridized carbons (Fsp3) is 0.429. The topological polar surface area (TPSA) is 69.6 Å². The Bertz CT molecular complexity index is 679. The van der Waals surface area contributed by atoms with Crippen LogP contribution >= 0.6 is 0 Å². The molecule has 0 unspecified atom stereocenters. The van der Waals surface area contributed by atoms with Crippen molar-refractivity contribution in [3.8, 4) is 0 Å². The van der Waals surface area contributed by atoms with E-state index in [2.05, 4.69) is 0 Å². The van der Waals surface area contributed by atoms with Crippen molar-refractivity contribution < 1.29 is 36.6 Å². The highest BCUT2D eigenvalue weighted by atomic mass is 19.4. The summed E-state index contributed by atoms with van der Waals surface area (Å²) in [5, 5.41) is 11.2. The highest BCUT2D eigenvalue weighted by Crippen LogP contribution is 2.46. The predicted octanol–water partition coefficient (Wildman–Crippen LogP) is 1.53. The van der Waals surface area contributed by atoms with Gasteiger partial charge in [0.25, 0.3) is 0 Å². The summed E-state index contributed by atoms with van der Waals surface area (Å²) in [5.74, 6) is -8.09. The molecule has 2 rings (SSSR count). The van der Waals surface area contributed by atoms with Gasteiger partial charge in [0.15, 0.2) is 17.0 Å². The fourth-order valence-corrected chi connectivity index (χ4v) is 2.72. The van der Waals surface area contributed by atoms with Crippen LogP contribution in [0.15, 0.2) is 18.2 Å². The number of benzene rings is 1. The minimum Gasteiger partial charge on any atom is -0.395 e. The number of amides is 2. The van der Waals surface area contributed by atoms with Crippen LogP contribution in [0.4, 0.5) is 27.6 Å². The van der Waals surface area contributed by atoms with Crippen LogP contribution in [0, 0.1) is 23.0 Å². The number of aliphatic hydroxyl groups is 1. The van der Waals surface area contributed by atoms with Crippen LogP contribution < -0.4 is 5.32 Å². The normalized spacial score (nSPS) is 24.4. The number of nitrogens with zero attached hydrogens (tertiary/aromatic N) is 1. The molecule has 0 aliphatic carbocycles. The Kier molecular flexibility index (Phi) is 4.53. The van der Waals surface area contributed by atoms with Crippen molar-refractivity contribution in [2.24, 2.45) is 11.3 Å². The molecule has 2 N–H and O–H groups in total. The third kappa shape index (κ3) is 2.70. The van der Waals surface area contributed by atoms with Gasteiger partial charge in [-0.3, -0.25) is 9.59 Å². The molecule has 1 aliphatic rings. The van der Waals surface area contributed by atoms with E-state index in [1.54, 1.807) is 5.32 Å². The van der Waals surface area contributed by atoms with Gasteiger partial charge in [0.1, 0.15) is 0 Å². The molecule has 10 heteroatoms. The minimum atomic E-state index is -4.96. The van der Waals surface area contributed by atoms with Crippen LogP contribution in [0.25, 0.3) is 0 Å². The summed E-state index contributed by atoms with van der Waals surface area (Å²) in [4.78, 5) is 25.1. The highest BCUT2D eigenvalue weighted by molar-refractivity contribution is 6.12. The number of carbonyl (C=O) groups excluding carboxylic acids is 2. The molecule has 1 fully saturated rings. The van der Waals surface area contributed by atoms with Crippen LogP contribution in [-0.4, -0.2) is 48.2 Å². The number of hydrogen-bond acceptors (Lipinski definition) is 3. The fourth-order valence-electron chi connectivity index (χ4n) is 2.72. The van der Waals surface area contributed by atoms with Crippen LogP contribution in [0.3, 0.4) is 0 Å². The Morgan fingerprint density at radius 3 is 2.58 bits per heavy atom. The van der Waals surface area contributed by atoms with Gasteiger partial charge in [-0.2, -0.15) is 13.2 Å². The molecule has 1 heterocycles. The van der Waals surface area contributed by atoms with E-state index in [-0.39, 0.29) is 0 Å². The molecular weight excluding hydrogens is 339 g/mol. The quantitative estimate of drug-likeness (QED) is 0.640. The molecule has 24 heavy (non-hydrogen) atoms. The van der Waals surface area contributed by atoms with E-state index in [1.165, 1.54) is 0 Å². The van der Waals surface area contributed by atoms with E-state index < -0.39 is 59.8 Å². The monoisotopic (exact) mass is 352 g/mol. The van der Waals surface area contributed by atoms with E-state index in [1.807, 2.05) is 0 Å². The second-order valence-electron chi connectivity index (χ2n) is 5.46. The van der Waals surface area contributed by atoms with Gasteiger partial charge >= 0.3 is 6.18 Å². The van der Waals surface area contributed by atoms with Gasteiger partial charge in [-0.1, -0.05) is 6.07 Å². The van der Waals surface area contributed by atoms with E-state index >= 15 is 0 Å². The van der Waals surface area contributed by atoms with Crippen LogP contribution in [-0.2, 0) is 9.59 Å². The lowest BCUT2D eigenvalue weighted by Gasteiger charge is -2.30. The molecular formula is C14H13F5N2O3. The van der Waals surface area contributed by atoms with Gasteiger partial charge in [-0.05, 0) is 12.1 Å². The first-order valence-electron chi connectivity index (χ1n) is 6.74. The first-order valence-corrected chi connectivity index (χ1v) is 6.74. The number of halogens is 5. The molecule has 0 radical (unpaired) electrons. The lowest BCUT2D eigenvalue weighted by atomic mass is 9.76. The number of alkyl halides is 3. The standard InChI is InChI=1S/C14H13F5N2O3/c1-21-5-9(14(17,18)19)13(6-22,12(21)24)11(23)20-8-4-2-3-7(15)10(8)16/h2-4,9,22H,5-6H2,1H3,(H,20,23)/t9-,13+/m1/s1. The highest BCUT2D eigenvalue weighted by Gasteiger charge is 2.67. The molecule has 1 aromatic rings. The smallest absolute Gasteiger partial charge is 0.395 e. The van der Waals surface area contributed by atoms with Crippen molar-refractivity contribution in [1.29, 1.82) is 0 Å². The third-order valence-electron chi connectivity index (χ3n) is 4.03. The maximum atomic E-state index is 13.6. The maximum Gasteiger partial charge on any atom is 0.395 e. The zero-order valence-corrected chi connectivity index (χ0v) is 12.3. The Morgan fingerprint density at radius 1 is 1.42 bits per heavy atom. The molecule has 0 aromatic heterocycles. The number of aliphatic hydroxyl groups excluding tert-OH is 1. The summed E-state index contributed by atoms with van der Waals surface area (Å²) in [6.07, 6.45) is -4.96. The van der Waals surface area contributed by atoms with Crippen molar-refractivity contribution in [3.63, 3.8) is 0 Å². The average molecular weight is 352 g/mol. The number of anilines is 1. The molecule has 1 saturated heterocycles. The summed E-state index contributed by atoms with van der Waals surface area (Å²) in [5.41, 5.74) is -3.58. The molecule has 1 aliphatic heterocycles. The predicted molar refractivity (Wildman–Crippen MR) is 71.7 cm³/mol. The van der Waals surface area contributed by atoms with Crippen molar-refractivity contribution >= 4 is 17.5 Å². The molecule has 132 valence electrons. The Balaban J connectivity index is 2.45. The summed E-state index contributed by atoms with van der Waals surface area (Å²) in [6, 6.07) is 2.70. The third-order valence-corrected chi connectivity index (χ3v) is 4.03. The molecule has 5 nitrogen and oxygen atoms in total. The SMILES string of the molecule is CN1C[C@@H](C(F)(F)F)[C@@](CO)(C(=O)Nc2cccc(F)c2F)C1=O. The van der Waals surface area contributed by atoms with E-state index in [0.717, 1.165) is 25.2 Å². The van der Waals surface area contributed by atoms with Gasteiger partial charge in [0.2, 0.25) is 11.8 Å². The second kappa shape index (κ2) is 6.00. The molecule has 1 aromatic carbocycles. The van der Waals surface area contributed by atoms with Gasteiger partial charge in [0, 0.05) is 13.6 Å². The lowest BCUT2D eigenvalue weighted by Crippen LogP contribution is -2.53. The summed E-state index contributed by atoms with van der Waals surface area (Å²) >= 11 is 0. The zero-order valence-electron chi connectivity index (χ0n) is 12.3. The van der Waals surface area contributed by atoms with Crippen LogP contribution in [0.2, 0.25) is 0 Å². The van der Waals surface area contributed by atoms with Gasteiger partial charge in [0.05, 0.1) is 18.2 Å². The summed E-state index contributed by atoms with van der Waals surface area (Å²) in [6.45, 7) is -2.26. The number of likely N-dealkylation sites (tertiary alicyclic amines) is 1. The van der Waals surface area contributed by atoms with Crippen molar-refractivity contribution in [1.82, 2.24) is 4.90 Å². The van der Waals surface area contributed by atoms with Gasteiger partial charge in [-0.25, -0.2) is 8.78 Å². The minimum absolute atomic E-state index is 0.663. The molecule has 2 atom stereocenters. The average Bonchev–Trinajstić information content (AvgIpc) is 2.77. The first-order chi connectivity index (χ1) is 11.1. The maximum absolute atomic E-state index is 13.6. The Hall–Kier alpha value is -2.23. The van der Waals surface area contributed by atoms with E-state index in [4.69, 9.17) is 0 Å². The number of rotatable bonds is 3. The van der Waals surface area contributed by atoms with Gasteiger partial charge < -0.3 is 15.3 Å². The Labute approximate surface area is 133 Å². The number of carbonyl (C=O) groups is 2.